The maximum Gasteiger partial charge on any atom is 0.267 e. The highest BCUT2D eigenvalue weighted by Gasteiger charge is 2.20. The molecule has 0 radical (unpaired) electrons. The van der Waals surface area contributed by atoms with Crippen LogP contribution in [-0.2, 0) is 6.54 Å². The van der Waals surface area contributed by atoms with Crippen LogP contribution in [0.1, 0.15) is 49.5 Å². The average Bonchev–Trinajstić information content (AvgIpc) is 3.09. The first kappa shape index (κ1) is 13.7. The SMILES string of the molecule is CCCn1cc(Br)cc1C(=O)NCCCC1CC1. The summed E-state index contributed by atoms with van der Waals surface area (Å²) in [5.74, 6) is 0.991. The lowest BCUT2D eigenvalue weighted by atomic mass is 10.2. The molecule has 1 saturated carbocycles. The average molecular weight is 313 g/mol. The molecule has 1 aromatic rings. The summed E-state index contributed by atoms with van der Waals surface area (Å²) in [6.07, 6.45) is 8.15. The molecule has 1 aliphatic rings. The monoisotopic (exact) mass is 312 g/mol. The van der Waals surface area contributed by atoms with Crippen molar-refractivity contribution < 1.29 is 4.79 Å². The van der Waals surface area contributed by atoms with E-state index in [4.69, 9.17) is 0 Å². The van der Waals surface area contributed by atoms with Crippen LogP contribution >= 0.6 is 15.9 Å². The summed E-state index contributed by atoms with van der Waals surface area (Å²) in [5, 5.41) is 3.01. The molecule has 1 heterocycles. The summed E-state index contributed by atoms with van der Waals surface area (Å²) in [5.41, 5.74) is 0.759. The zero-order valence-corrected chi connectivity index (χ0v) is 12.5. The molecular formula is C14H21BrN2O. The van der Waals surface area contributed by atoms with Gasteiger partial charge in [-0.3, -0.25) is 4.79 Å². The molecule has 1 N–H and O–H groups in total. The lowest BCUT2D eigenvalue weighted by Gasteiger charge is -2.08. The van der Waals surface area contributed by atoms with Crippen LogP contribution in [0.5, 0.6) is 0 Å². The molecule has 4 heteroatoms. The van der Waals surface area contributed by atoms with E-state index < -0.39 is 0 Å². The van der Waals surface area contributed by atoms with E-state index in [0.29, 0.717) is 0 Å². The van der Waals surface area contributed by atoms with Crippen molar-refractivity contribution in [1.82, 2.24) is 9.88 Å². The normalized spacial score (nSPS) is 14.8. The first-order valence-electron chi connectivity index (χ1n) is 6.84. The van der Waals surface area contributed by atoms with Gasteiger partial charge in [0.25, 0.3) is 5.91 Å². The Bertz CT molecular complexity index is 410. The molecular weight excluding hydrogens is 292 g/mol. The summed E-state index contributed by atoms with van der Waals surface area (Å²) in [6, 6.07) is 1.89. The fraction of sp³-hybridized carbons (Fsp3) is 0.643. The van der Waals surface area contributed by atoms with Crippen molar-refractivity contribution in [2.24, 2.45) is 5.92 Å². The van der Waals surface area contributed by atoms with Crippen LogP contribution in [0.25, 0.3) is 0 Å². The summed E-state index contributed by atoms with van der Waals surface area (Å²) < 4.78 is 2.99. The van der Waals surface area contributed by atoms with E-state index >= 15 is 0 Å². The largest absolute Gasteiger partial charge is 0.351 e. The van der Waals surface area contributed by atoms with E-state index in [1.165, 1.54) is 19.3 Å². The number of halogens is 1. The number of aryl methyl sites for hydroxylation is 1. The molecule has 2 rings (SSSR count). The molecule has 0 atom stereocenters. The van der Waals surface area contributed by atoms with Crippen LogP contribution in [0.2, 0.25) is 0 Å². The zero-order valence-electron chi connectivity index (χ0n) is 10.9. The molecule has 0 spiro atoms. The van der Waals surface area contributed by atoms with Crippen LogP contribution in [0, 0.1) is 5.92 Å². The molecule has 1 aliphatic carbocycles. The Balaban J connectivity index is 1.82. The van der Waals surface area contributed by atoms with E-state index in [2.05, 4.69) is 28.2 Å². The maximum atomic E-state index is 12.1. The summed E-state index contributed by atoms with van der Waals surface area (Å²) in [4.78, 5) is 12.1. The number of carbonyl (C=O) groups excluding carboxylic acids is 1. The fourth-order valence-corrected chi connectivity index (χ4v) is 2.64. The fourth-order valence-electron chi connectivity index (χ4n) is 2.18. The predicted molar refractivity (Wildman–Crippen MR) is 76.7 cm³/mol. The van der Waals surface area contributed by atoms with Crippen molar-refractivity contribution in [2.75, 3.05) is 6.54 Å². The van der Waals surface area contributed by atoms with Crippen molar-refractivity contribution in [1.29, 1.82) is 0 Å². The van der Waals surface area contributed by atoms with Gasteiger partial charge in [0.1, 0.15) is 5.69 Å². The molecule has 0 aliphatic heterocycles. The van der Waals surface area contributed by atoms with Crippen molar-refractivity contribution in [3.63, 3.8) is 0 Å². The molecule has 0 unspecified atom stereocenters. The minimum atomic E-state index is 0.0462. The van der Waals surface area contributed by atoms with Gasteiger partial charge in [0.2, 0.25) is 0 Å². The number of amides is 1. The Morgan fingerprint density at radius 2 is 2.33 bits per heavy atom. The Morgan fingerprint density at radius 1 is 1.56 bits per heavy atom. The van der Waals surface area contributed by atoms with Crippen molar-refractivity contribution >= 4 is 21.8 Å². The van der Waals surface area contributed by atoms with Crippen LogP contribution in [-0.4, -0.2) is 17.0 Å². The van der Waals surface area contributed by atoms with Gasteiger partial charge in [-0.25, -0.2) is 0 Å². The number of nitrogens with zero attached hydrogens (tertiary/aromatic N) is 1. The highest BCUT2D eigenvalue weighted by molar-refractivity contribution is 9.10. The number of hydrogen-bond acceptors (Lipinski definition) is 1. The van der Waals surface area contributed by atoms with E-state index in [0.717, 1.165) is 42.0 Å². The van der Waals surface area contributed by atoms with Gasteiger partial charge in [0.15, 0.2) is 0 Å². The topological polar surface area (TPSA) is 34.0 Å². The molecule has 1 fully saturated rings. The quantitative estimate of drug-likeness (QED) is 0.767. The summed E-state index contributed by atoms with van der Waals surface area (Å²) in [7, 11) is 0. The number of aromatic nitrogens is 1. The van der Waals surface area contributed by atoms with Crippen molar-refractivity contribution in [3.8, 4) is 0 Å². The number of hydrogen-bond donors (Lipinski definition) is 1. The third kappa shape index (κ3) is 3.87. The number of carbonyl (C=O) groups is 1. The third-order valence-electron chi connectivity index (χ3n) is 3.33. The van der Waals surface area contributed by atoms with E-state index in [9.17, 15) is 4.79 Å². The first-order chi connectivity index (χ1) is 8.70. The molecule has 100 valence electrons. The van der Waals surface area contributed by atoms with E-state index in [1.807, 2.05) is 16.8 Å². The van der Waals surface area contributed by atoms with Crippen LogP contribution < -0.4 is 5.32 Å². The van der Waals surface area contributed by atoms with Gasteiger partial charge < -0.3 is 9.88 Å². The molecule has 1 amide bonds. The summed E-state index contributed by atoms with van der Waals surface area (Å²) in [6.45, 7) is 3.80. The smallest absolute Gasteiger partial charge is 0.267 e. The zero-order chi connectivity index (χ0) is 13.0. The minimum Gasteiger partial charge on any atom is -0.351 e. The lowest BCUT2D eigenvalue weighted by molar-refractivity contribution is 0.0943. The molecule has 3 nitrogen and oxygen atoms in total. The van der Waals surface area contributed by atoms with Gasteiger partial charge in [-0.2, -0.15) is 0 Å². The Morgan fingerprint density at radius 3 is 3.00 bits per heavy atom. The van der Waals surface area contributed by atoms with Gasteiger partial charge in [0.05, 0.1) is 0 Å². The predicted octanol–water partition coefficient (Wildman–Crippen LogP) is 3.58. The van der Waals surface area contributed by atoms with Gasteiger partial charge >= 0.3 is 0 Å². The number of rotatable bonds is 7. The molecule has 18 heavy (non-hydrogen) atoms. The molecule has 0 saturated heterocycles. The van der Waals surface area contributed by atoms with Crippen molar-refractivity contribution in [3.05, 3.63) is 22.4 Å². The first-order valence-corrected chi connectivity index (χ1v) is 7.64. The Hall–Kier alpha value is -0.770. The van der Waals surface area contributed by atoms with Gasteiger partial charge in [-0.15, -0.1) is 0 Å². The second kappa shape index (κ2) is 6.41. The maximum absolute atomic E-state index is 12.1. The highest BCUT2D eigenvalue weighted by Crippen LogP contribution is 2.33. The second-order valence-electron chi connectivity index (χ2n) is 5.08. The lowest BCUT2D eigenvalue weighted by Crippen LogP contribution is -2.26. The second-order valence-corrected chi connectivity index (χ2v) is 5.99. The standard InChI is InChI=1S/C14H21BrN2O/c1-2-8-17-10-12(15)9-13(17)14(18)16-7-3-4-11-5-6-11/h9-11H,2-8H2,1H3,(H,16,18). The van der Waals surface area contributed by atoms with Gasteiger partial charge in [0, 0.05) is 23.8 Å². The Kier molecular flexibility index (Phi) is 4.87. The molecule has 0 aromatic carbocycles. The van der Waals surface area contributed by atoms with Crippen molar-refractivity contribution in [2.45, 2.75) is 45.6 Å². The van der Waals surface area contributed by atoms with E-state index in [1.54, 1.807) is 0 Å². The van der Waals surface area contributed by atoms with Crippen LogP contribution in [0.3, 0.4) is 0 Å². The van der Waals surface area contributed by atoms with E-state index in [-0.39, 0.29) is 5.91 Å². The molecule has 1 aromatic heterocycles. The highest BCUT2D eigenvalue weighted by atomic mass is 79.9. The third-order valence-corrected chi connectivity index (χ3v) is 3.77. The number of nitrogens with one attached hydrogen (secondary N) is 1. The Labute approximate surface area is 117 Å². The van der Waals surface area contributed by atoms with Gasteiger partial charge in [-0.05, 0) is 47.2 Å². The van der Waals surface area contributed by atoms with Crippen LogP contribution in [0.15, 0.2) is 16.7 Å². The van der Waals surface area contributed by atoms with Crippen LogP contribution in [0.4, 0.5) is 0 Å². The molecule has 0 bridgehead atoms. The van der Waals surface area contributed by atoms with Gasteiger partial charge in [-0.1, -0.05) is 19.8 Å². The minimum absolute atomic E-state index is 0.0462. The summed E-state index contributed by atoms with van der Waals surface area (Å²) >= 11 is 3.43.